The molecule has 2 N–H and O–H groups in total. The first-order valence-electron chi connectivity index (χ1n) is 7.15. The lowest BCUT2D eigenvalue weighted by molar-refractivity contribution is -0.127. The fourth-order valence-electron chi connectivity index (χ4n) is 2.86. The van der Waals surface area contributed by atoms with E-state index in [9.17, 15) is 4.79 Å². The molecular formula is C15H20N2O3. The second-order valence-corrected chi connectivity index (χ2v) is 5.34. The van der Waals surface area contributed by atoms with Gasteiger partial charge in [0.25, 0.3) is 0 Å². The molecular weight excluding hydrogens is 256 g/mol. The first kappa shape index (κ1) is 13.2. The third-order valence-electron chi connectivity index (χ3n) is 4.17. The molecule has 1 atom stereocenters. The highest BCUT2D eigenvalue weighted by molar-refractivity contribution is 5.86. The summed E-state index contributed by atoms with van der Waals surface area (Å²) in [5, 5.41) is 6.37. The second kappa shape index (κ2) is 5.32. The van der Waals surface area contributed by atoms with Crippen molar-refractivity contribution in [3.63, 3.8) is 0 Å². The molecule has 1 fully saturated rings. The van der Waals surface area contributed by atoms with Crippen LogP contribution in [0.25, 0.3) is 0 Å². The quantitative estimate of drug-likeness (QED) is 0.876. The van der Waals surface area contributed by atoms with Crippen molar-refractivity contribution in [1.29, 1.82) is 0 Å². The van der Waals surface area contributed by atoms with Crippen LogP contribution in [0.3, 0.4) is 0 Å². The van der Waals surface area contributed by atoms with Gasteiger partial charge in [-0.05, 0) is 43.5 Å². The number of hydrogen-bond donors (Lipinski definition) is 2. The Labute approximate surface area is 118 Å². The molecule has 0 aromatic heterocycles. The van der Waals surface area contributed by atoms with E-state index in [1.54, 1.807) is 0 Å². The average Bonchev–Trinajstić information content (AvgIpc) is 3.13. The maximum atomic E-state index is 12.4. The summed E-state index contributed by atoms with van der Waals surface area (Å²) < 4.78 is 10.6. The molecule has 1 saturated heterocycles. The molecule has 1 aromatic carbocycles. The first-order chi connectivity index (χ1) is 9.73. The summed E-state index contributed by atoms with van der Waals surface area (Å²) in [6, 6.07) is 5.75. The van der Waals surface area contributed by atoms with E-state index >= 15 is 0 Å². The Hall–Kier alpha value is -1.75. The van der Waals surface area contributed by atoms with Gasteiger partial charge in [0.1, 0.15) is 0 Å². The van der Waals surface area contributed by atoms with E-state index in [0.29, 0.717) is 6.54 Å². The van der Waals surface area contributed by atoms with Crippen LogP contribution < -0.4 is 20.1 Å². The number of nitrogens with one attached hydrogen (secondary N) is 2. The zero-order valence-electron chi connectivity index (χ0n) is 11.7. The van der Waals surface area contributed by atoms with Gasteiger partial charge < -0.3 is 20.1 Å². The smallest absolute Gasteiger partial charge is 0.240 e. The lowest BCUT2D eigenvalue weighted by Gasteiger charge is -2.26. The molecule has 3 rings (SSSR count). The van der Waals surface area contributed by atoms with Crippen LogP contribution in [0.5, 0.6) is 11.5 Å². The predicted octanol–water partition coefficient (Wildman–Crippen LogP) is 1.56. The summed E-state index contributed by atoms with van der Waals surface area (Å²) in [4.78, 5) is 12.4. The second-order valence-electron chi connectivity index (χ2n) is 5.34. The van der Waals surface area contributed by atoms with Crippen molar-refractivity contribution in [3.8, 4) is 11.5 Å². The van der Waals surface area contributed by atoms with Gasteiger partial charge in [-0.25, -0.2) is 0 Å². The molecule has 0 bridgehead atoms. The summed E-state index contributed by atoms with van der Waals surface area (Å²) >= 11 is 0. The first-order valence-corrected chi connectivity index (χ1v) is 7.15. The molecule has 1 unspecified atom stereocenters. The lowest BCUT2D eigenvalue weighted by Crippen LogP contribution is -2.52. The highest BCUT2D eigenvalue weighted by Gasteiger charge is 2.38. The Balaban J connectivity index is 1.63. The van der Waals surface area contributed by atoms with Crippen LogP contribution in [0.2, 0.25) is 0 Å². The number of ether oxygens (including phenoxy) is 2. The minimum Gasteiger partial charge on any atom is -0.454 e. The van der Waals surface area contributed by atoms with Gasteiger partial charge in [0.05, 0.1) is 5.54 Å². The maximum absolute atomic E-state index is 12.4. The molecule has 1 aromatic rings. The van der Waals surface area contributed by atoms with Crippen LogP contribution in [0.4, 0.5) is 0 Å². The summed E-state index contributed by atoms with van der Waals surface area (Å²) in [6.07, 6.45) is 2.79. The zero-order valence-corrected chi connectivity index (χ0v) is 11.7. The van der Waals surface area contributed by atoms with Gasteiger partial charge in [-0.2, -0.15) is 0 Å². The Morgan fingerprint density at radius 2 is 2.25 bits per heavy atom. The molecule has 2 aliphatic heterocycles. The van der Waals surface area contributed by atoms with Gasteiger partial charge in [-0.15, -0.1) is 0 Å². The van der Waals surface area contributed by atoms with Crippen LogP contribution >= 0.6 is 0 Å². The molecule has 1 amide bonds. The van der Waals surface area contributed by atoms with E-state index in [-0.39, 0.29) is 18.2 Å². The van der Waals surface area contributed by atoms with Crippen molar-refractivity contribution in [3.05, 3.63) is 23.8 Å². The Bertz CT molecular complexity index is 510. The SMILES string of the molecule is CCC1(C(=O)NCc2ccc3c(c2)OCO3)CCCN1. The number of hydrogen-bond acceptors (Lipinski definition) is 4. The third kappa shape index (κ3) is 2.33. The van der Waals surface area contributed by atoms with Crippen LogP contribution in [0, 0.1) is 0 Å². The summed E-state index contributed by atoms with van der Waals surface area (Å²) in [5.41, 5.74) is 0.642. The van der Waals surface area contributed by atoms with Crippen LogP contribution in [0.15, 0.2) is 18.2 Å². The monoisotopic (exact) mass is 276 g/mol. The van der Waals surface area contributed by atoms with E-state index in [4.69, 9.17) is 9.47 Å². The zero-order chi connectivity index (χ0) is 14.0. The van der Waals surface area contributed by atoms with Crippen molar-refractivity contribution in [2.45, 2.75) is 38.3 Å². The molecule has 0 radical (unpaired) electrons. The normalized spacial score (nSPS) is 23.9. The minimum absolute atomic E-state index is 0.0927. The average molecular weight is 276 g/mol. The molecule has 5 nitrogen and oxygen atoms in total. The van der Waals surface area contributed by atoms with Crippen molar-refractivity contribution < 1.29 is 14.3 Å². The van der Waals surface area contributed by atoms with Gasteiger partial charge in [-0.1, -0.05) is 13.0 Å². The van der Waals surface area contributed by atoms with Crippen LogP contribution in [-0.4, -0.2) is 24.8 Å². The number of amides is 1. The minimum atomic E-state index is -0.379. The van der Waals surface area contributed by atoms with Gasteiger partial charge >= 0.3 is 0 Å². The van der Waals surface area contributed by atoms with Crippen LogP contribution in [0.1, 0.15) is 31.7 Å². The van der Waals surface area contributed by atoms with Crippen molar-refractivity contribution in [2.75, 3.05) is 13.3 Å². The van der Waals surface area contributed by atoms with Gasteiger partial charge in [0, 0.05) is 6.54 Å². The standard InChI is InChI=1S/C15H20N2O3/c1-2-15(6-3-7-17-15)14(18)16-9-11-4-5-12-13(8-11)20-10-19-12/h4-5,8,17H,2-3,6-7,9-10H2,1H3,(H,16,18). The molecule has 2 aliphatic rings. The molecule has 5 heteroatoms. The van der Waals surface area contributed by atoms with Gasteiger partial charge in [-0.3, -0.25) is 4.79 Å². The van der Waals surface area contributed by atoms with Gasteiger partial charge in [0.2, 0.25) is 12.7 Å². The Morgan fingerprint density at radius 1 is 1.40 bits per heavy atom. The number of carbonyl (C=O) groups is 1. The summed E-state index contributed by atoms with van der Waals surface area (Å²) in [6.45, 7) is 3.76. The highest BCUT2D eigenvalue weighted by Crippen LogP contribution is 2.32. The lowest BCUT2D eigenvalue weighted by atomic mass is 9.93. The molecule has 0 saturated carbocycles. The number of benzene rings is 1. The number of carbonyl (C=O) groups excluding carboxylic acids is 1. The number of fused-ring (bicyclic) bond motifs is 1. The molecule has 20 heavy (non-hydrogen) atoms. The van der Waals surface area contributed by atoms with E-state index in [0.717, 1.165) is 42.9 Å². The van der Waals surface area contributed by atoms with Crippen molar-refractivity contribution in [1.82, 2.24) is 10.6 Å². The maximum Gasteiger partial charge on any atom is 0.240 e. The fraction of sp³-hybridized carbons (Fsp3) is 0.533. The molecule has 0 aliphatic carbocycles. The van der Waals surface area contributed by atoms with Crippen molar-refractivity contribution in [2.24, 2.45) is 0 Å². The Morgan fingerprint density at radius 3 is 3.00 bits per heavy atom. The molecule has 108 valence electrons. The van der Waals surface area contributed by atoms with Crippen LogP contribution in [-0.2, 0) is 11.3 Å². The summed E-state index contributed by atoms with van der Waals surface area (Å²) in [7, 11) is 0. The van der Waals surface area contributed by atoms with Gasteiger partial charge in [0.15, 0.2) is 11.5 Å². The fourth-order valence-corrected chi connectivity index (χ4v) is 2.86. The largest absolute Gasteiger partial charge is 0.454 e. The van der Waals surface area contributed by atoms with E-state index < -0.39 is 0 Å². The van der Waals surface area contributed by atoms with E-state index in [1.807, 2.05) is 18.2 Å². The topological polar surface area (TPSA) is 59.6 Å². The Kier molecular flexibility index (Phi) is 3.53. The number of rotatable bonds is 4. The third-order valence-corrected chi connectivity index (χ3v) is 4.17. The molecule has 0 spiro atoms. The predicted molar refractivity (Wildman–Crippen MR) is 74.7 cm³/mol. The highest BCUT2D eigenvalue weighted by atomic mass is 16.7. The van der Waals surface area contributed by atoms with Crippen molar-refractivity contribution >= 4 is 5.91 Å². The van der Waals surface area contributed by atoms with E-state index in [1.165, 1.54) is 0 Å². The summed E-state index contributed by atoms with van der Waals surface area (Å²) in [5.74, 6) is 1.61. The molecule has 2 heterocycles. The van der Waals surface area contributed by atoms with E-state index in [2.05, 4.69) is 17.6 Å².